The van der Waals surface area contributed by atoms with Crippen LogP contribution in [-0.2, 0) is 14.2 Å². The lowest BCUT2D eigenvalue weighted by Crippen LogP contribution is -2.47. The number of aliphatic carboxylic acids is 1. The molecule has 0 saturated heterocycles. The normalized spacial score (nSPS) is 13.6. The van der Waals surface area contributed by atoms with E-state index in [4.69, 9.17) is 29.5 Å². The van der Waals surface area contributed by atoms with Gasteiger partial charge in [0.2, 0.25) is 5.91 Å². The Kier molecular flexibility index (Phi) is 12.4. The van der Waals surface area contributed by atoms with Crippen molar-refractivity contribution in [2.24, 2.45) is 0 Å². The number of hydrogen-bond donors (Lipinski definition) is 6. The van der Waals surface area contributed by atoms with Crippen LogP contribution in [0.2, 0.25) is 0 Å². The van der Waals surface area contributed by atoms with Crippen molar-refractivity contribution < 1.29 is 39.0 Å². The highest BCUT2D eigenvalue weighted by molar-refractivity contribution is 7.45. The van der Waals surface area contributed by atoms with Crippen LogP contribution in [0.3, 0.4) is 0 Å². The molecule has 0 aromatic rings. The zero-order valence-corrected chi connectivity index (χ0v) is 13.0. The first kappa shape index (κ1) is 22.3. The van der Waals surface area contributed by atoms with Crippen LogP contribution in [0.15, 0.2) is 0 Å². The molecule has 0 heterocycles. The summed E-state index contributed by atoms with van der Waals surface area (Å²) in [5.74, 6) is -1.53. The second-order valence-electron chi connectivity index (χ2n) is 4.45. The highest BCUT2D eigenvalue weighted by atomic mass is 31.2. The Morgan fingerprint density at radius 1 is 1.14 bits per heavy atom. The number of unbranched alkanes of at least 4 members (excludes halogenated alkanes) is 3. The van der Waals surface area contributed by atoms with Gasteiger partial charge in [0.1, 0.15) is 0 Å². The standard InChI is InChI=1S/C11H21NO4.H3O4P/c1-3-4-5-6-7-9(14)12-10(8(2)13)11(15)16;1-5(2,3)4/h8,10,13H,3-7H2,1-2H3,(H,12,14)(H,15,16);(H3,1,2,3,4). The molecule has 9 nitrogen and oxygen atoms in total. The summed E-state index contributed by atoms with van der Waals surface area (Å²) in [4.78, 5) is 43.6. The van der Waals surface area contributed by atoms with E-state index in [1.807, 2.05) is 0 Å². The topological polar surface area (TPSA) is 164 Å². The lowest BCUT2D eigenvalue weighted by atomic mass is 10.1. The van der Waals surface area contributed by atoms with E-state index in [0.717, 1.165) is 25.7 Å². The van der Waals surface area contributed by atoms with Crippen molar-refractivity contribution >= 4 is 19.7 Å². The Morgan fingerprint density at radius 2 is 1.62 bits per heavy atom. The number of rotatable bonds is 8. The van der Waals surface area contributed by atoms with Crippen molar-refractivity contribution in [3.63, 3.8) is 0 Å². The van der Waals surface area contributed by atoms with Gasteiger partial charge in [-0.2, -0.15) is 0 Å². The maximum absolute atomic E-state index is 11.3. The monoisotopic (exact) mass is 329 g/mol. The molecular formula is C11H24NO8P. The summed E-state index contributed by atoms with van der Waals surface area (Å²) in [6.07, 6.45) is 3.12. The third-order valence-corrected chi connectivity index (χ3v) is 2.32. The van der Waals surface area contributed by atoms with Gasteiger partial charge >= 0.3 is 13.8 Å². The molecule has 0 radical (unpaired) electrons. The SMILES string of the molecule is CCCCCCC(=O)NC(C(=O)O)C(C)O.O=P(O)(O)O. The highest BCUT2D eigenvalue weighted by Crippen LogP contribution is 2.25. The molecular weight excluding hydrogens is 305 g/mol. The zero-order chi connectivity index (χ0) is 17.1. The number of nitrogens with one attached hydrogen (secondary N) is 1. The number of aliphatic hydroxyl groups excluding tert-OH is 1. The van der Waals surface area contributed by atoms with Crippen molar-refractivity contribution in [1.82, 2.24) is 5.32 Å². The molecule has 0 spiro atoms. The Bertz CT molecular complexity index is 346. The number of aliphatic hydroxyl groups is 1. The van der Waals surface area contributed by atoms with Crippen molar-refractivity contribution in [3.05, 3.63) is 0 Å². The predicted molar refractivity (Wildman–Crippen MR) is 74.3 cm³/mol. The number of carboxylic acids is 1. The van der Waals surface area contributed by atoms with Crippen LogP contribution in [0.4, 0.5) is 0 Å². The van der Waals surface area contributed by atoms with Crippen LogP contribution < -0.4 is 5.32 Å². The second kappa shape index (κ2) is 11.6. The number of carboxylic acid groups (broad SMARTS) is 1. The summed E-state index contributed by atoms with van der Waals surface area (Å²) < 4.78 is 8.88. The zero-order valence-electron chi connectivity index (χ0n) is 12.1. The van der Waals surface area contributed by atoms with Gasteiger partial charge in [-0.1, -0.05) is 26.2 Å². The fourth-order valence-corrected chi connectivity index (χ4v) is 1.35. The Labute approximate surface area is 123 Å². The average Bonchev–Trinajstić information content (AvgIpc) is 2.28. The van der Waals surface area contributed by atoms with E-state index in [2.05, 4.69) is 12.2 Å². The third kappa shape index (κ3) is 19.0. The van der Waals surface area contributed by atoms with Gasteiger partial charge in [0.05, 0.1) is 6.10 Å². The second-order valence-corrected chi connectivity index (χ2v) is 5.47. The molecule has 0 aliphatic rings. The number of carbonyl (C=O) groups is 2. The van der Waals surface area contributed by atoms with Gasteiger partial charge in [0.15, 0.2) is 6.04 Å². The van der Waals surface area contributed by atoms with Crippen LogP contribution in [0.1, 0.15) is 46.0 Å². The molecule has 10 heteroatoms. The average molecular weight is 329 g/mol. The number of phosphoric acid groups is 1. The van der Waals surface area contributed by atoms with Crippen molar-refractivity contribution in [3.8, 4) is 0 Å². The fraction of sp³-hybridized carbons (Fsp3) is 0.818. The first-order chi connectivity index (χ1) is 9.49. The number of hydrogen-bond acceptors (Lipinski definition) is 4. The quantitative estimate of drug-likeness (QED) is 0.267. The van der Waals surface area contributed by atoms with Crippen LogP contribution in [-0.4, -0.2) is 48.9 Å². The third-order valence-electron chi connectivity index (χ3n) is 2.32. The molecule has 0 fully saturated rings. The lowest BCUT2D eigenvalue weighted by Gasteiger charge is -2.16. The molecule has 21 heavy (non-hydrogen) atoms. The van der Waals surface area contributed by atoms with Gasteiger partial charge < -0.3 is 30.2 Å². The smallest absolute Gasteiger partial charge is 0.466 e. The molecule has 0 aromatic carbocycles. The van der Waals surface area contributed by atoms with E-state index in [1.54, 1.807) is 0 Å². The van der Waals surface area contributed by atoms with Gasteiger partial charge in [-0.3, -0.25) is 4.79 Å². The van der Waals surface area contributed by atoms with Crippen LogP contribution >= 0.6 is 7.82 Å². The van der Waals surface area contributed by atoms with Crippen molar-refractivity contribution in [2.45, 2.75) is 58.1 Å². The maximum Gasteiger partial charge on any atom is 0.466 e. The molecule has 1 amide bonds. The van der Waals surface area contributed by atoms with Gasteiger partial charge in [0.25, 0.3) is 0 Å². The summed E-state index contributed by atoms with van der Waals surface area (Å²) in [6, 6.07) is -1.21. The number of amides is 1. The van der Waals surface area contributed by atoms with E-state index in [9.17, 15) is 9.59 Å². The molecule has 2 unspecified atom stereocenters. The molecule has 0 aliphatic heterocycles. The highest BCUT2D eigenvalue weighted by Gasteiger charge is 2.24. The van der Waals surface area contributed by atoms with Crippen LogP contribution in [0.5, 0.6) is 0 Å². The van der Waals surface area contributed by atoms with Gasteiger partial charge in [-0.05, 0) is 13.3 Å². The van der Waals surface area contributed by atoms with E-state index in [1.165, 1.54) is 6.92 Å². The first-order valence-electron chi connectivity index (χ1n) is 6.47. The Balaban J connectivity index is 0. The summed E-state index contributed by atoms with van der Waals surface area (Å²) in [7, 11) is -4.64. The van der Waals surface area contributed by atoms with Gasteiger partial charge in [-0.15, -0.1) is 0 Å². The van der Waals surface area contributed by atoms with Gasteiger partial charge in [0, 0.05) is 6.42 Å². The van der Waals surface area contributed by atoms with Crippen LogP contribution in [0, 0.1) is 0 Å². The molecule has 2 atom stereocenters. The van der Waals surface area contributed by atoms with Crippen LogP contribution in [0.25, 0.3) is 0 Å². The summed E-state index contributed by atoms with van der Waals surface area (Å²) in [5.41, 5.74) is 0. The maximum atomic E-state index is 11.3. The van der Waals surface area contributed by atoms with E-state index in [-0.39, 0.29) is 5.91 Å². The predicted octanol–water partition coefficient (Wildman–Crippen LogP) is -0.0216. The molecule has 0 aliphatic carbocycles. The van der Waals surface area contributed by atoms with Gasteiger partial charge in [-0.25, -0.2) is 9.36 Å². The minimum atomic E-state index is -4.64. The molecule has 0 aromatic heterocycles. The molecule has 0 bridgehead atoms. The van der Waals surface area contributed by atoms with Crippen molar-refractivity contribution in [2.75, 3.05) is 0 Å². The Hall–Kier alpha value is -0.990. The van der Waals surface area contributed by atoms with E-state index >= 15 is 0 Å². The van der Waals surface area contributed by atoms with Crippen molar-refractivity contribution in [1.29, 1.82) is 0 Å². The van der Waals surface area contributed by atoms with E-state index < -0.39 is 25.9 Å². The molecule has 0 rings (SSSR count). The molecule has 0 saturated carbocycles. The lowest BCUT2D eigenvalue weighted by molar-refractivity contribution is -0.144. The minimum Gasteiger partial charge on any atom is -0.480 e. The summed E-state index contributed by atoms with van der Waals surface area (Å²) in [6.45, 7) is 3.42. The minimum absolute atomic E-state index is 0.315. The van der Waals surface area contributed by atoms with E-state index in [0.29, 0.717) is 6.42 Å². The largest absolute Gasteiger partial charge is 0.480 e. The Morgan fingerprint density at radius 3 is 1.95 bits per heavy atom. The summed E-state index contributed by atoms with van der Waals surface area (Å²) in [5, 5.41) is 20.2. The fourth-order valence-electron chi connectivity index (χ4n) is 1.35. The molecule has 6 N–H and O–H groups in total. The summed E-state index contributed by atoms with van der Waals surface area (Å²) >= 11 is 0. The molecule has 126 valence electrons. The first-order valence-corrected chi connectivity index (χ1v) is 8.04. The number of carbonyl (C=O) groups excluding carboxylic acids is 1.